The standard InChI is InChI=1S/C31H43FN4O6/c1-31(2,3)26-28(37)36(4)24(29(38)39)12-13-41-27-22(33-21-11-10-18(32)16-23(21)34-27)9-7-5-6-8-19-20-14-17(20)15-25(19)42-30(40)35-26/h10-11,16-17,19-20,24-26,28,37H,5-9,12-15H2,1-4H3,(H,35,40)(H,38,39). The molecule has 1 aromatic carbocycles. The highest BCUT2D eigenvalue weighted by Crippen LogP contribution is 2.57. The first-order valence-electron chi connectivity index (χ1n) is 15.1. The van der Waals surface area contributed by atoms with Crippen molar-refractivity contribution in [1.82, 2.24) is 20.2 Å². The van der Waals surface area contributed by atoms with Gasteiger partial charge in [-0.3, -0.25) is 9.69 Å². The minimum Gasteiger partial charge on any atom is -0.480 e. The van der Waals surface area contributed by atoms with Crippen LogP contribution in [0.15, 0.2) is 18.2 Å². The molecule has 7 atom stereocenters. The number of aliphatic hydroxyl groups excluding tert-OH is 1. The summed E-state index contributed by atoms with van der Waals surface area (Å²) < 4.78 is 25.9. The molecule has 2 saturated carbocycles. The van der Waals surface area contributed by atoms with Crippen molar-refractivity contribution in [3.63, 3.8) is 0 Å². The van der Waals surface area contributed by atoms with Gasteiger partial charge in [-0.15, -0.1) is 0 Å². The van der Waals surface area contributed by atoms with Crippen molar-refractivity contribution in [1.29, 1.82) is 0 Å². The molecule has 2 aromatic rings. The lowest BCUT2D eigenvalue weighted by Gasteiger charge is -2.40. The molecule has 3 aliphatic rings. The molecule has 2 aliphatic carbocycles. The number of rotatable bonds is 1. The van der Waals surface area contributed by atoms with E-state index in [1.165, 1.54) is 30.5 Å². The molecule has 0 radical (unpaired) electrons. The molecule has 42 heavy (non-hydrogen) atoms. The van der Waals surface area contributed by atoms with Crippen molar-refractivity contribution in [2.75, 3.05) is 13.7 Å². The molecule has 1 amide bonds. The van der Waals surface area contributed by atoms with Crippen LogP contribution in [0.4, 0.5) is 9.18 Å². The Hall–Kier alpha value is -3.05. The van der Waals surface area contributed by atoms with Crippen LogP contribution in [0.2, 0.25) is 0 Å². The number of amides is 1. The van der Waals surface area contributed by atoms with Gasteiger partial charge in [0, 0.05) is 12.5 Å². The molecule has 1 aliphatic heterocycles. The number of carbonyl (C=O) groups is 2. The molecule has 0 spiro atoms. The van der Waals surface area contributed by atoms with Crippen LogP contribution in [0.5, 0.6) is 5.88 Å². The number of aliphatic hydroxyl groups is 1. The van der Waals surface area contributed by atoms with Crippen LogP contribution in [-0.4, -0.2) is 75.2 Å². The van der Waals surface area contributed by atoms with E-state index in [0.717, 1.165) is 32.1 Å². The number of ether oxygens (including phenoxy) is 2. The third-order valence-electron chi connectivity index (χ3n) is 9.24. The summed E-state index contributed by atoms with van der Waals surface area (Å²) in [6, 6.07) is 2.32. The first-order valence-corrected chi connectivity index (χ1v) is 15.1. The average molecular weight is 587 g/mol. The number of aryl methyl sites for hydroxylation is 1. The van der Waals surface area contributed by atoms with Crippen molar-refractivity contribution in [3.8, 4) is 5.88 Å². The van der Waals surface area contributed by atoms with Crippen molar-refractivity contribution in [2.45, 2.75) is 96.6 Å². The molecule has 1 aromatic heterocycles. The van der Waals surface area contributed by atoms with Gasteiger partial charge in [0.2, 0.25) is 5.88 Å². The van der Waals surface area contributed by atoms with E-state index in [2.05, 4.69) is 10.3 Å². The van der Waals surface area contributed by atoms with Crippen LogP contribution in [0.1, 0.15) is 71.4 Å². The number of aliphatic carboxylic acids is 1. The highest BCUT2D eigenvalue weighted by molar-refractivity contribution is 5.75. The molecule has 5 rings (SSSR count). The van der Waals surface area contributed by atoms with Crippen LogP contribution in [0.25, 0.3) is 11.0 Å². The quantitative estimate of drug-likeness (QED) is 0.441. The van der Waals surface area contributed by atoms with Crippen LogP contribution >= 0.6 is 0 Å². The van der Waals surface area contributed by atoms with Gasteiger partial charge in [-0.2, -0.15) is 0 Å². The average Bonchev–Trinajstić information content (AvgIpc) is 3.60. The summed E-state index contributed by atoms with van der Waals surface area (Å²) in [6.45, 7) is 5.61. The summed E-state index contributed by atoms with van der Waals surface area (Å²) in [5, 5.41) is 24.3. The first kappa shape index (κ1) is 30.4. The first-order chi connectivity index (χ1) is 19.9. The van der Waals surface area contributed by atoms with Crippen molar-refractivity contribution in [3.05, 3.63) is 29.7 Å². The third-order valence-corrected chi connectivity index (χ3v) is 9.24. The lowest BCUT2D eigenvalue weighted by atomic mass is 9.85. The Labute approximate surface area is 246 Å². The summed E-state index contributed by atoms with van der Waals surface area (Å²) in [6.07, 6.45) is 4.41. The molecular weight excluding hydrogens is 543 g/mol. The van der Waals surface area contributed by atoms with Crippen LogP contribution in [0, 0.1) is 29.0 Å². The summed E-state index contributed by atoms with van der Waals surface area (Å²) in [5.74, 6) is 0.213. The summed E-state index contributed by atoms with van der Waals surface area (Å²) in [4.78, 5) is 36.0. The zero-order chi connectivity index (χ0) is 30.2. The van der Waals surface area contributed by atoms with E-state index in [-0.39, 0.29) is 25.0 Å². The number of carboxylic acid groups (broad SMARTS) is 1. The second-order valence-corrected chi connectivity index (χ2v) is 13.3. The summed E-state index contributed by atoms with van der Waals surface area (Å²) in [7, 11) is 1.52. The van der Waals surface area contributed by atoms with E-state index in [0.29, 0.717) is 40.9 Å². The number of hydrogen-bond donors (Lipinski definition) is 3. The lowest BCUT2D eigenvalue weighted by molar-refractivity contribution is -0.150. The number of nitrogens with zero attached hydrogens (tertiary/aromatic N) is 3. The predicted octanol–water partition coefficient (Wildman–Crippen LogP) is 4.52. The number of benzene rings is 1. The molecule has 2 heterocycles. The number of carboxylic acids is 1. The fourth-order valence-corrected chi connectivity index (χ4v) is 6.75. The van der Waals surface area contributed by atoms with E-state index in [1.807, 2.05) is 20.8 Å². The highest BCUT2D eigenvalue weighted by Gasteiger charge is 2.54. The second-order valence-electron chi connectivity index (χ2n) is 13.3. The van der Waals surface area contributed by atoms with Gasteiger partial charge in [0.1, 0.15) is 29.9 Å². The molecule has 11 heteroatoms. The van der Waals surface area contributed by atoms with Gasteiger partial charge in [0.25, 0.3) is 0 Å². The molecular formula is C31H43FN4O6. The van der Waals surface area contributed by atoms with E-state index in [9.17, 15) is 24.2 Å². The monoisotopic (exact) mass is 586 g/mol. The Balaban J connectivity index is 1.42. The fraction of sp³-hybridized carbons (Fsp3) is 0.677. The van der Waals surface area contributed by atoms with E-state index >= 15 is 0 Å². The zero-order valence-electron chi connectivity index (χ0n) is 24.9. The van der Waals surface area contributed by atoms with Crippen molar-refractivity contribution < 1.29 is 33.7 Å². The molecule has 230 valence electrons. The van der Waals surface area contributed by atoms with E-state index in [4.69, 9.17) is 14.5 Å². The summed E-state index contributed by atoms with van der Waals surface area (Å²) >= 11 is 0. The van der Waals surface area contributed by atoms with E-state index < -0.39 is 41.6 Å². The number of likely N-dealkylation sites (N-methyl/N-ethyl adjacent to an activating group) is 1. The van der Waals surface area contributed by atoms with Gasteiger partial charge in [-0.25, -0.2) is 19.2 Å². The van der Waals surface area contributed by atoms with Crippen molar-refractivity contribution >= 4 is 23.1 Å². The maximum Gasteiger partial charge on any atom is 0.407 e. The Morgan fingerprint density at radius 1 is 1.10 bits per heavy atom. The molecule has 10 nitrogen and oxygen atoms in total. The van der Waals surface area contributed by atoms with Gasteiger partial charge in [-0.05, 0) is 74.5 Å². The fourth-order valence-electron chi connectivity index (χ4n) is 6.75. The zero-order valence-corrected chi connectivity index (χ0v) is 24.9. The number of carbonyl (C=O) groups excluding carboxylic acids is 1. The lowest BCUT2D eigenvalue weighted by Crippen LogP contribution is -2.60. The third kappa shape index (κ3) is 6.78. The SMILES string of the molecule is CN1C(C(=O)O)CCOc2nc3cc(F)ccc3nc2CCCCCC2C(CC3CC32)OC(=O)NC(C(C)(C)C)C1O. The van der Waals surface area contributed by atoms with Gasteiger partial charge in [-0.1, -0.05) is 33.6 Å². The molecule has 3 N–H and O–H groups in total. The maximum absolute atomic E-state index is 13.9. The second kappa shape index (κ2) is 12.3. The van der Waals surface area contributed by atoms with Crippen LogP contribution < -0.4 is 10.1 Å². The van der Waals surface area contributed by atoms with Gasteiger partial charge in [0.05, 0.1) is 23.7 Å². The molecule has 0 saturated heterocycles. The van der Waals surface area contributed by atoms with Crippen LogP contribution in [-0.2, 0) is 16.0 Å². The Kier molecular flexibility index (Phi) is 8.89. The van der Waals surface area contributed by atoms with Crippen LogP contribution in [0.3, 0.4) is 0 Å². The number of hydrogen-bond acceptors (Lipinski definition) is 8. The number of alkyl carbamates (subject to hydrolysis) is 1. The highest BCUT2D eigenvalue weighted by atomic mass is 19.1. The topological polar surface area (TPSA) is 134 Å². The largest absolute Gasteiger partial charge is 0.480 e. The molecule has 7 unspecified atom stereocenters. The van der Waals surface area contributed by atoms with Gasteiger partial charge >= 0.3 is 12.1 Å². The number of nitrogens with one attached hydrogen (secondary N) is 1. The number of fused-ring (bicyclic) bond motifs is 5. The minimum absolute atomic E-state index is 0.0158. The molecule has 2 fully saturated rings. The maximum atomic E-state index is 13.9. The Bertz CT molecular complexity index is 1300. The Morgan fingerprint density at radius 3 is 2.62 bits per heavy atom. The number of halogens is 1. The summed E-state index contributed by atoms with van der Waals surface area (Å²) in [5.41, 5.74) is 0.982. The van der Waals surface area contributed by atoms with E-state index in [1.54, 1.807) is 6.07 Å². The minimum atomic E-state index is -1.31. The molecule has 0 bridgehead atoms. The van der Waals surface area contributed by atoms with Gasteiger partial charge in [0.15, 0.2) is 0 Å². The predicted molar refractivity (Wildman–Crippen MR) is 153 cm³/mol. The normalized spacial score (nSPS) is 31.7. The Morgan fingerprint density at radius 2 is 1.88 bits per heavy atom. The smallest absolute Gasteiger partial charge is 0.407 e. The number of aromatic nitrogens is 2. The van der Waals surface area contributed by atoms with Crippen molar-refractivity contribution in [2.24, 2.45) is 23.2 Å². The van der Waals surface area contributed by atoms with Gasteiger partial charge < -0.3 is 25.0 Å².